The third-order valence-corrected chi connectivity index (χ3v) is 3.45. The first-order valence-electron chi connectivity index (χ1n) is 5.92. The predicted molar refractivity (Wildman–Crippen MR) is 67.2 cm³/mol. The van der Waals surface area contributed by atoms with E-state index in [-0.39, 0.29) is 23.7 Å². The molecule has 1 aromatic rings. The summed E-state index contributed by atoms with van der Waals surface area (Å²) in [4.78, 5) is 13.4. The summed E-state index contributed by atoms with van der Waals surface area (Å²) in [6.45, 7) is 2.48. The van der Waals surface area contributed by atoms with E-state index in [0.29, 0.717) is 6.42 Å². The maximum atomic E-state index is 13.7. The highest BCUT2D eigenvalue weighted by molar-refractivity contribution is 6.31. The number of benzene rings is 1. The zero-order valence-electron chi connectivity index (χ0n) is 10.1. The summed E-state index contributed by atoms with van der Waals surface area (Å²) < 4.78 is 13.7. The highest BCUT2D eigenvalue weighted by Gasteiger charge is 2.43. The van der Waals surface area contributed by atoms with Crippen molar-refractivity contribution in [1.82, 2.24) is 4.90 Å². The molecule has 0 atom stereocenters. The zero-order valence-corrected chi connectivity index (χ0v) is 10.9. The lowest BCUT2D eigenvalue weighted by atomic mass is 9.88. The van der Waals surface area contributed by atoms with Gasteiger partial charge in [0.05, 0.1) is 29.3 Å². The highest BCUT2D eigenvalue weighted by atomic mass is 35.5. The van der Waals surface area contributed by atoms with Crippen LogP contribution in [-0.2, 0) is 0 Å². The van der Waals surface area contributed by atoms with Crippen LogP contribution in [0.2, 0.25) is 5.02 Å². The second kappa shape index (κ2) is 4.86. The van der Waals surface area contributed by atoms with E-state index in [0.717, 1.165) is 6.42 Å². The van der Waals surface area contributed by atoms with E-state index in [2.05, 4.69) is 0 Å². The van der Waals surface area contributed by atoms with E-state index in [9.17, 15) is 14.3 Å². The standard InChI is InChI=1S/C13H15ClFNO2/c1-2-6-13(18)7-16(8-13)12(17)9-4-3-5-10(14)11(9)15/h3-5,18H,2,6-8H2,1H3. The number of carbonyl (C=O) groups excluding carboxylic acids is 1. The Morgan fingerprint density at radius 1 is 1.56 bits per heavy atom. The summed E-state index contributed by atoms with van der Waals surface area (Å²) in [6.07, 6.45) is 1.50. The van der Waals surface area contributed by atoms with Crippen molar-refractivity contribution in [3.05, 3.63) is 34.6 Å². The van der Waals surface area contributed by atoms with Crippen molar-refractivity contribution in [2.75, 3.05) is 13.1 Å². The molecule has 1 N–H and O–H groups in total. The Hall–Kier alpha value is -1.13. The molecular weight excluding hydrogens is 257 g/mol. The normalized spacial score (nSPS) is 17.4. The van der Waals surface area contributed by atoms with Gasteiger partial charge in [-0.25, -0.2) is 4.39 Å². The van der Waals surface area contributed by atoms with Gasteiger partial charge in [-0.1, -0.05) is 31.0 Å². The maximum Gasteiger partial charge on any atom is 0.257 e. The van der Waals surface area contributed by atoms with Crippen LogP contribution < -0.4 is 0 Å². The quantitative estimate of drug-likeness (QED) is 0.917. The molecule has 1 saturated heterocycles. The van der Waals surface area contributed by atoms with Crippen molar-refractivity contribution in [3.8, 4) is 0 Å². The Morgan fingerprint density at radius 3 is 2.83 bits per heavy atom. The average Bonchev–Trinajstić information content (AvgIpc) is 2.29. The average molecular weight is 272 g/mol. The molecular formula is C13H15ClFNO2. The van der Waals surface area contributed by atoms with Gasteiger partial charge in [0, 0.05) is 0 Å². The summed E-state index contributed by atoms with van der Waals surface area (Å²) >= 11 is 5.63. The second-order valence-corrected chi connectivity index (χ2v) is 5.14. The minimum Gasteiger partial charge on any atom is -0.386 e. The molecule has 1 aliphatic rings. The van der Waals surface area contributed by atoms with E-state index < -0.39 is 17.3 Å². The van der Waals surface area contributed by atoms with Gasteiger partial charge in [0.2, 0.25) is 0 Å². The molecule has 0 aromatic heterocycles. The van der Waals surface area contributed by atoms with Gasteiger partial charge in [-0.05, 0) is 18.6 Å². The van der Waals surface area contributed by atoms with Crippen molar-refractivity contribution in [2.45, 2.75) is 25.4 Å². The third-order valence-electron chi connectivity index (χ3n) is 3.15. The number of amides is 1. The van der Waals surface area contributed by atoms with Crippen molar-refractivity contribution in [1.29, 1.82) is 0 Å². The molecule has 0 aliphatic carbocycles. The predicted octanol–water partition coefficient (Wildman–Crippen LogP) is 2.47. The molecule has 0 radical (unpaired) electrons. The van der Waals surface area contributed by atoms with E-state index in [1.54, 1.807) is 0 Å². The molecule has 1 aliphatic heterocycles. The van der Waals surface area contributed by atoms with Crippen molar-refractivity contribution in [3.63, 3.8) is 0 Å². The van der Waals surface area contributed by atoms with Gasteiger partial charge >= 0.3 is 0 Å². The molecule has 18 heavy (non-hydrogen) atoms. The van der Waals surface area contributed by atoms with Crippen molar-refractivity contribution >= 4 is 17.5 Å². The zero-order chi connectivity index (χ0) is 13.3. The molecule has 3 nitrogen and oxygen atoms in total. The van der Waals surface area contributed by atoms with Crippen LogP contribution in [-0.4, -0.2) is 34.6 Å². The topological polar surface area (TPSA) is 40.5 Å². The summed E-state index contributed by atoms with van der Waals surface area (Å²) in [7, 11) is 0. The number of β-amino-alcohol motifs (C(OH)–C–C–N with tert-alkyl or cyclic N) is 1. The second-order valence-electron chi connectivity index (χ2n) is 4.74. The summed E-state index contributed by atoms with van der Waals surface area (Å²) in [6, 6.07) is 4.34. The molecule has 2 rings (SSSR count). The number of hydrogen-bond acceptors (Lipinski definition) is 2. The fraction of sp³-hybridized carbons (Fsp3) is 0.462. The number of likely N-dealkylation sites (tertiary alicyclic amines) is 1. The van der Waals surface area contributed by atoms with Gasteiger partial charge in [-0.2, -0.15) is 0 Å². The van der Waals surface area contributed by atoms with Gasteiger partial charge in [0.15, 0.2) is 5.82 Å². The Labute approximate surface area is 110 Å². The van der Waals surface area contributed by atoms with Crippen LogP contribution in [0.25, 0.3) is 0 Å². The molecule has 1 amide bonds. The number of aliphatic hydroxyl groups is 1. The number of carbonyl (C=O) groups is 1. The highest BCUT2D eigenvalue weighted by Crippen LogP contribution is 2.28. The first-order chi connectivity index (χ1) is 8.47. The molecule has 1 heterocycles. The van der Waals surface area contributed by atoms with E-state index in [1.807, 2.05) is 6.92 Å². The molecule has 98 valence electrons. The summed E-state index contributed by atoms with van der Waals surface area (Å²) in [5.41, 5.74) is -0.847. The monoisotopic (exact) mass is 271 g/mol. The lowest BCUT2D eigenvalue weighted by Crippen LogP contribution is -2.63. The molecule has 0 bridgehead atoms. The van der Waals surface area contributed by atoms with Gasteiger partial charge in [-0.3, -0.25) is 4.79 Å². The summed E-state index contributed by atoms with van der Waals surface area (Å²) in [5, 5.41) is 9.92. The van der Waals surface area contributed by atoms with Crippen LogP contribution in [0.15, 0.2) is 18.2 Å². The minimum absolute atomic E-state index is 0.0407. The molecule has 1 fully saturated rings. The van der Waals surface area contributed by atoms with Crippen LogP contribution in [0.4, 0.5) is 4.39 Å². The first-order valence-corrected chi connectivity index (χ1v) is 6.30. The van der Waals surface area contributed by atoms with Crippen LogP contribution in [0, 0.1) is 5.82 Å². The molecule has 0 spiro atoms. The van der Waals surface area contributed by atoms with E-state index in [4.69, 9.17) is 11.6 Å². The Bertz CT molecular complexity index is 472. The van der Waals surface area contributed by atoms with Crippen LogP contribution >= 0.6 is 11.6 Å². The van der Waals surface area contributed by atoms with Crippen LogP contribution in [0.1, 0.15) is 30.1 Å². The Balaban J connectivity index is 2.08. The Morgan fingerprint density at radius 2 is 2.22 bits per heavy atom. The fourth-order valence-corrected chi connectivity index (χ4v) is 2.45. The molecule has 0 unspecified atom stereocenters. The smallest absolute Gasteiger partial charge is 0.257 e. The minimum atomic E-state index is -0.806. The van der Waals surface area contributed by atoms with Gasteiger partial charge in [0.25, 0.3) is 5.91 Å². The van der Waals surface area contributed by atoms with Gasteiger partial charge < -0.3 is 10.0 Å². The third kappa shape index (κ3) is 2.35. The van der Waals surface area contributed by atoms with Crippen molar-refractivity contribution < 1.29 is 14.3 Å². The molecule has 1 aromatic carbocycles. The lowest BCUT2D eigenvalue weighted by Gasteiger charge is -2.46. The molecule has 0 saturated carbocycles. The number of halogens is 2. The first kappa shape index (κ1) is 13.3. The van der Waals surface area contributed by atoms with Gasteiger partial charge in [-0.15, -0.1) is 0 Å². The maximum absolute atomic E-state index is 13.7. The number of nitrogens with zero attached hydrogens (tertiary/aromatic N) is 1. The summed E-state index contributed by atoms with van der Waals surface area (Å²) in [5.74, 6) is -1.12. The Kier molecular flexibility index (Phi) is 3.59. The lowest BCUT2D eigenvalue weighted by molar-refractivity contribution is -0.0861. The van der Waals surface area contributed by atoms with E-state index >= 15 is 0 Å². The fourth-order valence-electron chi connectivity index (χ4n) is 2.27. The van der Waals surface area contributed by atoms with Crippen LogP contribution in [0.5, 0.6) is 0 Å². The largest absolute Gasteiger partial charge is 0.386 e. The number of hydrogen-bond donors (Lipinski definition) is 1. The van der Waals surface area contributed by atoms with E-state index in [1.165, 1.54) is 23.1 Å². The molecule has 5 heteroatoms. The van der Waals surface area contributed by atoms with Gasteiger partial charge in [0.1, 0.15) is 0 Å². The van der Waals surface area contributed by atoms with Crippen LogP contribution in [0.3, 0.4) is 0 Å². The van der Waals surface area contributed by atoms with Crippen molar-refractivity contribution in [2.24, 2.45) is 0 Å². The SMILES string of the molecule is CCCC1(O)CN(C(=O)c2cccc(Cl)c2F)C1. The number of rotatable bonds is 3.